The maximum atomic E-state index is 2.47. The standard InChI is InChI=1S/C74H65N.C68H61N/c1-72(2,3)58-38-41-63-66(46-58)70(55-32-28-52(29-33-55)50-22-20-49(21-23-50)48-16-12-10-13-17-48)62-40-37-59(73(4,5)6)47-67(62)71(63)56-34-30-53(31-35-56)51-24-26-54(27-25-51)57-36-42-68-64(44-57)65-45-60(74(7,8)9)39-43-69(65)75(68)61-18-14-11-15-19-61;1-66(2,3)52-34-37-57-60(42-52)64(49-28-24-45(25-29-49)44-16-12-10-13-17-44)56-36-33-53(67(4,5)6)43-61(56)65(57)50-30-26-47(27-31-50)46-20-22-48(23-21-46)51-32-38-62-58(40-51)59-41-54(68(7,8)9)35-39-63(59)69(62)55-18-14-11-15-19-55/h10-47H,1-9H3;10-43H,1-9H3. The van der Waals surface area contributed by atoms with Crippen LogP contribution in [0.25, 0.3) is 220 Å². The molecule has 0 unspecified atom stereocenters. The van der Waals surface area contributed by atoms with Crippen molar-refractivity contribution >= 4 is 86.7 Å². The van der Waals surface area contributed by atoms with Crippen LogP contribution in [0.2, 0.25) is 0 Å². The van der Waals surface area contributed by atoms with Gasteiger partial charge in [-0.15, -0.1) is 0 Å². The number of rotatable bonds is 13. The van der Waals surface area contributed by atoms with Gasteiger partial charge in [-0.2, -0.15) is 0 Å². The van der Waals surface area contributed by atoms with Crippen molar-refractivity contribution in [1.82, 2.24) is 9.13 Å². The van der Waals surface area contributed by atoms with E-state index in [-0.39, 0.29) is 32.5 Å². The highest BCUT2D eigenvalue weighted by atomic mass is 15.0. The van der Waals surface area contributed by atoms with E-state index in [1.165, 1.54) is 254 Å². The molecule has 2 heteroatoms. The Morgan fingerprint density at radius 1 is 0.118 bits per heavy atom. The molecule has 0 spiro atoms. The molecule has 2 heterocycles. The minimum absolute atomic E-state index is 0.00325. The smallest absolute Gasteiger partial charge is 0.0541 e. The van der Waals surface area contributed by atoms with Gasteiger partial charge in [0.1, 0.15) is 0 Å². The molecule has 0 aliphatic carbocycles. The summed E-state index contributed by atoms with van der Waals surface area (Å²) in [4.78, 5) is 0. The van der Waals surface area contributed by atoms with Crippen molar-refractivity contribution in [2.45, 2.75) is 157 Å². The normalized spacial score (nSPS) is 12.4. The zero-order valence-corrected chi connectivity index (χ0v) is 86.5. The number of para-hydroxylation sites is 2. The van der Waals surface area contributed by atoms with Crippen LogP contribution in [0.5, 0.6) is 0 Å². The summed E-state index contributed by atoms with van der Waals surface area (Å²) >= 11 is 0. The molecular weight excluding hydrogens is 1730 g/mol. The van der Waals surface area contributed by atoms with Crippen LogP contribution in [-0.4, -0.2) is 9.13 Å². The van der Waals surface area contributed by atoms with Crippen molar-refractivity contribution in [3.05, 3.63) is 470 Å². The van der Waals surface area contributed by atoms with E-state index in [1.807, 2.05) is 0 Å². The summed E-state index contributed by atoms with van der Waals surface area (Å²) in [5.41, 5.74) is 42.4. The van der Waals surface area contributed by atoms with Crippen molar-refractivity contribution in [3.63, 3.8) is 0 Å². The van der Waals surface area contributed by atoms with Crippen LogP contribution in [0.15, 0.2) is 437 Å². The molecule has 0 aliphatic heterocycles. The largest absolute Gasteiger partial charge is 0.309 e. The maximum Gasteiger partial charge on any atom is 0.0541 e. The van der Waals surface area contributed by atoms with Crippen molar-refractivity contribution in [1.29, 1.82) is 0 Å². The second-order valence-corrected chi connectivity index (χ2v) is 46.1. The molecule has 0 aliphatic rings. The van der Waals surface area contributed by atoms with Crippen LogP contribution in [-0.2, 0) is 32.5 Å². The lowest BCUT2D eigenvalue weighted by Gasteiger charge is -2.25. The molecule has 2 nitrogen and oxygen atoms in total. The summed E-state index contributed by atoms with van der Waals surface area (Å²) in [6.45, 7) is 41.6. The quantitative estimate of drug-likeness (QED) is 0.102. The Morgan fingerprint density at radius 2 is 0.271 bits per heavy atom. The second-order valence-electron chi connectivity index (χ2n) is 46.1. The van der Waals surface area contributed by atoms with Crippen LogP contribution in [0.1, 0.15) is 158 Å². The average molecular weight is 1860 g/mol. The van der Waals surface area contributed by atoms with Crippen LogP contribution in [0, 0.1) is 0 Å². The molecule has 0 bridgehead atoms. The SMILES string of the molecule is CC(C)(C)c1ccc2c(-c3ccc(-c4ccc(-c5ccc6c(c5)c5cc(C(C)(C)C)ccc5n6-c5ccccc5)cc4)cc3)c3cc(C(C)(C)C)ccc3c(-c3ccc(-c4ccc(-c5ccccc5)cc4)cc3)c2c1.CC(C)(C)c1ccc2c(-c3ccc(-c4ccc(-c5ccc6c(c5)c5cc(C(C)(C)C)ccc5n6-c5ccccc5)cc4)cc3)c3cc(C(C)(C)C)ccc3c(-c3ccc(-c4ccccc4)cc3)c2c1. The lowest BCUT2D eigenvalue weighted by atomic mass is 9.79. The summed E-state index contributed by atoms with van der Waals surface area (Å²) in [7, 11) is 0. The topological polar surface area (TPSA) is 9.86 Å². The van der Waals surface area contributed by atoms with Crippen molar-refractivity contribution in [2.24, 2.45) is 0 Å². The van der Waals surface area contributed by atoms with E-state index in [1.54, 1.807) is 0 Å². The number of hydrogen-bond donors (Lipinski definition) is 0. The number of fused-ring (bicyclic) bond motifs is 10. The molecule has 2 aromatic heterocycles. The fourth-order valence-electron chi connectivity index (χ4n) is 21.8. The molecule has 0 saturated heterocycles. The Kier molecular flexibility index (Phi) is 23.5. The molecule has 0 N–H and O–H groups in total. The van der Waals surface area contributed by atoms with Crippen molar-refractivity contribution < 1.29 is 0 Å². The van der Waals surface area contributed by atoms with Gasteiger partial charge in [0, 0.05) is 32.9 Å². The lowest BCUT2D eigenvalue weighted by molar-refractivity contribution is 0.590. The Bertz CT molecular complexity index is 8820. The van der Waals surface area contributed by atoms with Crippen molar-refractivity contribution in [3.8, 4) is 134 Å². The molecule has 0 radical (unpaired) electrons. The second kappa shape index (κ2) is 36.3. The van der Waals surface area contributed by atoms with Crippen LogP contribution >= 0.6 is 0 Å². The Labute approximate surface area is 850 Å². The van der Waals surface area contributed by atoms with Gasteiger partial charge in [-0.1, -0.05) is 464 Å². The van der Waals surface area contributed by atoms with Gasteiger partial charge in [0.2, 0.25) is 0 Å². The third-order valence-electron chi connectivity index (χ3n) is 30.2. The summed E-state index contributed by atoms with van der Waals surface area (Å²) in [6, 6.07) is 164. The van der Waals surface area contributed by atoms with Gasteiger partial charge in [0.05, 0.1) is 22.1 Å². The van der Waals surface area contributed by atoms with E-state index in [2.05, 4.69) is 571 Å². The molecule has 704 valence electrons. The average Bonchev–Trinajstić information content (AvgIpc) is 1.46. The molecular formula is C142H126N2. The van der Waals surface area contributed by atoms with Gasteiger partial charge >= 0.3 is 0 Å². The first-order chi connectivity index (χ1) is 69.2. The minimum Gasteiger partial charge on any atom is -0.309 e. The highest BCUT2D eigenvalue weighted by molar-refractivity contribution is 6.24. The lowest BCUT2D eigenvalue weighted by Crippen LogP contribution is -2.11. The molecule has 144 heavy (non-hydrogen) atoms. The number of hydrogen-bond acceptors (Lipinski definition) is 0. The third kappa shape index (κ3) is 17.7. The number of nitrogens with zero attached hydrogens (tertiary/aromatic N) is 2. The van der Waals surface area contributed by atoms with Gasteiger partial charge in [-0.3, -0.25) is 0 Å². The first kappa shape index (κ1) is 93.2. The van der Waals surface area contributed by atoms with Gasteiger partial charge in [0.15, 0.2) is 0 Å². The molecule has 0 fully saturated rings. The monoisotopic (exact) mass is 1860 g/mol. The molecule has 0 atom stereocenters. The maximum absolute atomic E-state index is 2.47. The predicted molar refractivity (Wildman–Crippen MR) is 624 cm³/mol. The molecule has 0 saturated carbocycles. The van der Waals surface area contributed by atoms with E-state index >= 15 is 0 Å². The fourth-order valence-corrected chi connectivity index (χ4v) is 21.8. The fraction of sp³-hybridized carbons (Fsp3) is 0.169. The van der Waals surface area contributed by atoms with E-state index in [9.17, 15) is 0 Å². The summed E-state index contributed by atoms with van der Waals surface area (Å²) < 4.78 is 4.82. The molecule has 23 rings (SSSR count). The zero-order chi connectivity index (χ0) is 99.6. The highest BCUT2D eigenvalue weighted by Gasteiger charge is 2.29. The summed E-state index contributed by atoms with van der Waals surface area (Å²) in [5.74, 6) is 0. The minimum atomic E-state index is -0.0208. The van der Waals surface area contributed by atoms with E-state index in [0.717, 1.165) is 0 Å². The Balaban J connectivity index is 0.000000165. The molecule has 21 aromatic carbocycles. The Morgan fingerprint density at radius 3 is 0.479 bits per heavy atom. The first-order valence-electron chi connectivity index (χ1n) is 51.4. The van der Waals surface area contributed by atoms with Gasteiger partial charge in [0.25, 0.3) is 0 Å². The van der Waals surface area contributed by atoms with Crippen LogP contribution in [0.4, 0.5) is 0 Å². The number of benzene rings is 21. The van der Waals surface area contributed by atoms with Crippen LogP contribution < -0.4 is 0 Å². The summed E-state index contributed by atoms with van der Waals surface area (Å²) in [6.07, 6.45) is 0. The zero-order valence-electron chi connectivity index (χ0n) is 86.5. The highest BCUT2D eigenvalue weighted by Crippen LogP contribution is 2.52. The van der Waals surface area contributed by atoms with Crippen LogP contribution in [0.3, 0.4) is 0 Å². The molecule has 0 amide bonds. The van der Waals surface area contributed by atoms with E-state index < -0.39 is 0 Å². The van der Waals surface area contributed by atoms with E-state index in [4.69, 9.17) is 0 Å². The predicted octanol–water partition coefficient (Wildman–Crippen LogP) is 40.3. The summed E-state index contributed by atoms with van der Waals surface area (Å²) in [5, 5.41) is 15.4. The number of aromatic nitrogens is 2. The first-order valence-corrected chi connectivity index (χ1v) is 51.4. The van der Waals surface area contributed by atoms with Gasteiger partial charge in [-0.25, -0.2) is 0 Å². The Hall–Kier alpha value is -15.7. The van der Waals surface area contributed by atoms with Gasteiger partial charge < -0.3 is 9.13 Å². The molecule has 23 aromatic rings. The van der Waals surface area contributed by atoms with Crippen molar-refractivity contribution in [2.75, 3.05) is 0 Å². The third-order valence-corrected chi connectivity index (χ3v) is 30.2. The van der Waals surface area contributed by atoms with E-state index in [0.29, 0.717) is 0 Å². The van der Waals surface area contributed by atoms with Gasteiger partial charge in [-0.05, 0) is 328 Å².